The highest BCUT2D eigenvalue weighted by molar-refractivity contribution is 5.39. The van der Waals surface area contributed by atoms with Gasteiger partial charge >= 0.3 is 0 Å². The Morgan fingerprint density at radius 3 is 2.63 bits per heavy atom. The Morgan fingerprint density at radius 1 is 1.32 bits per heavy atom. The fourth-order valence-electron chi connectivity index (χ4n) is 2.70. The second-order valence-corrected chi connectivity index (χ2v) is 5.02. The van der Waals surface area contributed by atoms with Crippen molar-refractivity contribution in [3.63, 3.8) is 0 Å². The van der Waals surface area contributed by atoms with Crippen molar-refractivity contribution in [1.29, 1.82) is 0 Å². The summed E-state index contributed by atoms with van der Waals surface area (Å²) in [6.45, 7) is 6.42. The van der Waals surface area contributed by atoms with Gasteiger partial charge in [-0.1, -0.05) is 26.0 Å². The highest BCUT2D eigenvalue weighted by atomic mass is 19.1. The number of aliphatic hydroxyl groups is 1. The molecular formula is C15H22FNO2. The van der Waals surface area contributed by atoms with Gasteiger partial charge in [-0.2, -0.15) is 0 Å². The number of halogens is 1. The SMILES string of the molecule is CCCN(CCC)C1COc2c(F)cccc2C1O. The van der Waals surface area contributed by atoms with E-state index in [0.717, 1.165) is 25.9 Å². The molecule has 0 spiro atoms. The lowest BCUT2D eigenvalue weighted by atomic mass is 9.97. The number of ether oxygens (including phenoxy) is 1. The van der Waals surface area contributed by atoms with Gasteiger partial charge < -0.3 is 9.84 Å². The van der Waals surface area contributed by atoms with Crippen LogP contribution in [0.1, 0.15) is 38.4 Å². The van der Waals surface area contributed by atoms with Gasteiger partial charge in [0.05, 0.1) is 6.04 Å². The third-order valence-corrected chi connectivity index (χ3v) is 3.57. The first kappa shape index (κ1) is 14.3. The van der Waals surface area contributed by atoms with Crippen molar-refractivity contribution >= 4 is 0 Å². The summed E-state index contributed by atoms with van der Waals surface area (Å²) in [6, 6.07) is 4.63. The topological polar surface area (TPSA) is 32.7 Å². The van der Waals surface area contributed by atoms with Gasteiger partial charge in [0, 0.05) is 5.56 Å². The Hall–Kier alpha value is -1.13. The van der Waals surface area contributed by atoms with Crippen molar-refractivity contribution in [2.24, 2.45) is 0 Å². The van der Waals surface area contributed by atoms with E-state index >= 15 is 0 Å². The van der Waals surface area contributed by atoms with E-state index in [4.69, 9.17) is 4.74 Å². The van der Waals surface area contributed by atoms with Crippen LogP contribution in [-0.2, 0) is 0 Å². The van der Waals surface area contributed by atoms with Gasteiger partial charge in [-0.15, -0.1) is 0 Å². The molecule has 0 saturated heterocycles. The van der Waals surface area contributed by atoms with Crippen molar-refractivity contribution in [2.45, 2.75) is 38.8 Å². The van der Waals surface area contributed by atoms with Crippen LogP contribution >= 0.6 is 0 Å². The molecule has 1 aromatic rings. The van der Waals surface area contributed by atoms with Gasteiger partial charge in [0.25, 0.3) is 0 Å². The van der Waals surface area contributed by atoms with Gasteiger partial charge in [0.1, 0.15) is 12.7 Å². The Labute approximate surface area is 114 Å². The van der Waals surface area contributed by atoms with Crippen LogP contribution in [0.2, 0.25) is 0 Å². The zero-order valence-corrected chi connectivity index (χ0v) is 11.6. The molecule has 0 saturated carbocycles. The summed E-state index contributed by atoms with van der Waals surface area (Å²) < 4.78 is 19.2. The molecule has 0 radical (unpaired) electrons. The van der Waals surface area contributed by atoms with Crippen molar-refractivity contribution in [2.75, 3.05) is 19.7 Å². The highest BCUT2D eigenvalue weighted by Gasteiger charge is 2.34. The Kier molecular flexibility index (Phi) is 4.77. The molecule has 2 rings (SSSR count). The number of rotatable bonds is 5. The van der Waals surface area contributed by atoms with Crippen LogP contribution < -0.4 is 4.74 Å². The summed E-state index contributed by atoms with van der Waals surface area (Å²) in [4.78, 5) is 2.23. The van der Waals surface area contributed by atoms with E-state index in [1.54, 1.807) is 12.1 Å². The monoisotopic (exact) mass is 267 g/mol. The smallest absolute Gasteiger partial charge is 0.165 e. The first-order valence-electron chi connectivity index (χ1n) is 7.02. The summed E-state index contributed by atoms with van der Waals surface area (Å²) in [6.07, 6.45) is 1.37. The third-order valence-electron chi connectivity index (χ3n) is 3.57. The van der Waals surface area contributed by atoms with E-state index in [2.05, 4.69) is 18.7 Å². The molecule has 1 heterocycles. The molecule has 0 fully saturated rings. The van der Waals surface area contributed by atoms with Crippen LogP contribution in [0.4, 0.5) is 4.39 Å². The van der Waals surface area contributed by atoms with Gasteiger partial charge in [0.15, 0.2) is 11.6 Å². The minimum atomic E-state index is -0.683. The predicted octanol–water partition coefficient (Wildman–Crippen LogP) is 2.74. The van der Waals surface area contributed by atoms with E-state index in [1.807, 2.05) is 0 Å². The molecule has 0 bridgehead atoms. The van der Waals surface area contributed by atoms with Crippen LogP contribution in [-0.4, -0.2) is 35.7 Å². The second kappa shape index (κ2) is 6.35. The van der Waals surface area contributed by atoms with Gasteiger partial charge in [-0.05, 0) is 32.0 Å². The second-order valence-electron chi connectivity index (χ2n) is 5.02. The highest BCUT2D eigenvalue weighted by Crippen LogP contribution is 2.36. The number of para-hydroxylation sites is 1. The third kappa shape index (κ3) is 2.90. The first-order valence-corrected chi connectivity index (χ1v) is 7.02. The number of nitrogens with zero attached hydrogens (tertiary/aromatic N) is 1. The number of fused-ring (bicyclic) bond motifs is 1. The van der Waals surface area contributed by atoms with Gasteiger partial charge in [0.2, 0.25) is 0 Å². The molecule has 0 amide bonds. The maximum Gasteiger partial charge on any atom is 0.165 e. The maximum absolute atomic E-state index is 13.6. The molecule has 106 valence electrons. The largest absolute Gasteiger partial charge is 0.488 e. The lowest BCUT2D eigenvalue weighted by Crippen LogP contribution is -2.46. The van der Waals surface area contributed by atoms with Gasteiger partial charge in [-0.25, -0.2) is 4.39 Å². The fourth-order valence-corrected chi connectivity index (χ4v) is 2.70. The molecule has 4 heteroatoms. The van der Waals surface area contributed by atoms with Crippen molar-refractivity contribution in [1.82, 2.24) is 4.90 Å². The Morgan fingerprint density at radius 2 is 2.00 bits per heavy atom. The number of benzene rings is 1. The molecule has 1 aliphatic rings. The maximum atomic E-state index is 13.6. The summed E-state index contributed by atoms with van der Waals surface area (Å²) >= 11 is 0. The predicted molar refractivity (Wildman–Crippen MR) is 72.8 cm³/mol. The van der Waals surface area contributed by atoms with Crippen LogP contribution in [0, 0.1) is 5.82 Å². The Bertz CT molecular complexity index is 419. The van der Waals surface area contributed by atoms with E-state index < -0.39 is 11.9 Å². The minimum absolute atomic E-state index is 0.0887. The fraction of sp³-hybridized carbons (Fsp3) is 0.600. The van der Waals surface area contributed by atoms with E-state index in [-0.39, 0.29) is 11.8 Å². The molecule has 2 atom stereocenters. The van der Waals surface area contributed by atoms with E-state index in [9.17, 15) is 9.50 Å². The van der Waals surface area contributed by atoms with Crippen LogP contribution in [0.15, 0.2) is 18.2 Å². The standard InChI is InChI=1S/C15H22FNO2/c1-3-8-17(9-4-2)13-10-19-15-11(14(13)18)6-5-7-12(15)16/h5-7,13-14,18H,3-4,8-10H2,1-2H3. The minimum Gasteiger partial charge on any atom is -0.488 e. The molecule has 3 nitrogen and oxygen atoms in total. The number of aliphatic hydroxyl groups excluding tert-OH is 1. The summed E-state index contributed by atoms with van der Waals surface area (Å²) in [5.74, 6) is -0.188. The van der Waals surface area contributed by atoms with Crippen LogP contribution in [0.5, 0.6) is 5.75 Å². The molecular weight excluding hydrogens is 245 g/mol. The lowest BCUT2D eigenvalue weighted by molar-refractivity contribution is 0.00167. The number of hydrogen-bond acceptors (Lipinski definition) is 3. The molecule has 0 aromatic heterocycles. The molecule has 1 aliphatic heterocycles. The summed E-state index contributed by atoms with van der Waals surface area (Å²) in [5, 5.41) is 10.5. The molecule has 1 aromatic carbocycles. The summed E-state index contributed by atoms with van der Waals surface area (Å²) in [5.41, 5.74) is 0.563. The normalized spacial score (nSPS) is 22.2. The van der Waals surface area contributed by atoms with Crippen LogP contribution in [0.3, 0.4) is 0 Å². The molecule has 0 aliphatic carbocycles. The quantitative estimate of drug-likeness (QED) is 0.890. The van der Waals surface area contributed by atoms with Gasteiger partial charge in [-0.3, -0.25) is 4.90 Å². The molecule has 1 N–H and O–H groups in total. The van der Waals surface area contributed by atoms with E-state index in [0.29, 0.717) is 12.2 Å². The van der Waals surface area contributed by atoms with Crippen molar-refractivity contribution in [3.05, 3.63) is 29.6 Å². The average molecular weight is 267 g/mol. The molecule has 19 heavy (non-hydrogen) atoms. The summed E-state index contributed by atoms with van der Waals surface area (Å²) in [7, 11) is 0. The average Bonchev–Trinajstić information content (AvgIpc) is 2.40. The first-order chi connectivity index (χ1) is 9.19. The van der Waals surface area contributed by atoms with Crippen molar-refractivity contribution in [3.8, 4) is 5.75 Å². The van der Waals surface area contributed by atoms with Crippen molar-refractivity contribution < 1.29 is 14.2 Å². The Balaban J connectivity index is 2.22. The number of hydrogen-bond donors (Lipinski definition) is 1. The zero-order valence-electron chi connectivity index (χ0n) is 11.6. The lowest BCUT2D eigenvalue weighted by Gasteiger charge is -2.38. The van der Waals surface area contributed by atoms with Crippen LogP contribution in [0.25, 0.3) is 0 Å². The zero-order chi connectivity index (χ0) is 13.8. The van der Waals surface area contributed by atoms with E-state index in [1.165, 1.54) is 6.07 Å². The molecule has 2 unspecified atom stereocenters.